The molecule has 2 heteroatoms. The normalized spacial score (nSPS) is 10.4. The molecule has 0 saturated heterocycles. The molecule has 1 nitrogen and oxygen atoms in total. The second kappa shape index (κ2) is 4.95. The number of carbonyl (C=O) groups is 1. The van der Waals surface area contributed by atoms with Crippen LogP contribution < -0.4 is 0 Å². The predicted octanol–water partition coefficient (Wildman–Crippen LogP) is 4.83. The van der Waals surface area contributed by atoms with E-state index in [1.165, 1.54) is 18.1 Å². The van der Waals surface area contributed by atoms with E-state index in [9.17, 15) is 4.79 Å². The van der Waals surface area contributed by atoms with Crippen LogP contribution in [0, 0.1) is 13.8 Å². The van der Waals surface area contributed by atoms with Gasteiger partial charge >= 0.3 is 0 Å². The maximum atomic E-state index is 11.3. The molecule has 0 bridgehead atoms. The van der Waals surface area contributed by atoms with E-state index >= 15 is 0 Å². The number of carbonyl (C=O) groups excluding carboxylic acids is 1. The van der Waals surface area contributed by atoms with Gasteiger partial charge in [0.25, 0.3) is 0 Å². The molecule has 92 valence electrons. The standard InChI is InChI=1S/C16H15ClO/c1-10-6-11(2)8-14(7-10)13-4-5-15(12(3)18)16(17)9-13/h4-9H,1-3H3. The van der Waals surface area contributed by atoms with Gasteiger partial charge < -0.3 is 0 Å². The number of rotatable bonds is 2. The van der Waals surface area contributed by atoms with Crippen LogP contribution in [-0.2, 0) is 0 Å². The number of halogens is 1. The summed E-state index contributed by atoms with van der Waals surface area (Å²) in [6, 6.07) is 12.0. The van der Waals surface area contributed by atoms with Crippen LogP contribution in [0.3, 0.4) is 0 Å². The maximum absolute atomic E-state index is 11.3. The first kappa shape index (κ1) is 12.8. The number of hydrogen-bond acceptors (Lipinski definition) is 1. The van der Waals surface area contributed by atoms with Crippen LogP contribution in [0.1, 0.15) is 28.4 Å². The van der Waals surface area contributed by atoms with Crippen molar-refractivity contribution >= 4 is 17.4 Å². The highest BCUT2D eigenvalue weighted by molar-refractivity contribution is 6.34. The second-order valence-electron chi connectivity index (χ2n) is 4.63. The van der Waals surface area contributed by atoms with Gasteiger partial charge in [0.05, 0.1) is 5.02 Å². The Morgan fingerprint density at radius 3 is 2.06 bits per heavy atom. The molecule has 0 heterocycles. The van der Waals surface area contributed by atoms with Gasteiger partial charge in [0.2, 0.25) is 0 Å². The highest BCUT2D eigenvalue weighted by atomic mass is 35.5. The first-order valence-electron chi connectivity index (χ1n) is 5.86. The minimum Gasteiger partial charge on any atom is -0.294 e. The Bertz CT molecular complexity index is 594. The molecule has 0 aliphatic heterocycles. The Hall–Kier alpha value is -1.60. The van der Waals surface area contributed by atoms with Gasteiger partial charge in [-0.05, 0) is 44.0 Å². The Morgan fingerprint density at radius 2 is 1.56 bits per heavy atom. The van der Waals surface area contributed by atoms with Crippen molar-refractivity contribution < 1.29 is 4.79 Å². The van der Waals surface area contributed by atoms with Crippen molar-refractivity contribution in [3.63, 3.8) is 0 Å². The van der Waals surface area contributed by atoms with Gasteiger partial charge in [0, 0.05) is 5.56 Å². The Labute approximate surface area is 112 Å². The summed E-state index contributed by atoms with van der Waals surface area (Å²) in [7, 11) is 0. The van der Waals surface area contributed by atoms with Crippen molar-refractivity contribution in [1.82, 2.24) is 0 Å². The van der Waals surface area contributed by atoms with Crippen molar-refractivity contribution in [2.45, 2.75) is 20.8 Å². The Kier molecular flexibility index (Phi) is 3.53. The molecular formula is C16H15ClO. The molecule has 0 atom stereocenters. The van der Waals surface area contributed by atoms with Crippen molar-refractivity contribution in [2.75, 3.05) is 0 Å². The highest BCUT2D eigenvalue weighted by Gasteiger charge is 2.07. The van der Waals surface area contributed by atoms with E-state index in [1.807, 2.05) is 12.1 Å². The summed E-state index contributed by atoms with van der Waals surface area (Å²) in [6.07, 6.45) is 0. The SMILES string of the molecule is CC(=O)c1ccc(-c2cc(C)cc(C)c2)cc1Cl. The van der Waals surface area contributed by atoms with E-state index in [1.54, 1.807) is 6.07 Å². The monoisotopic (exact) mass is 258 g/mol. The van der Waals surface area contributed by atoms with Gasteiger partial charge in [-0.25, -0.2) is 0 Å². The van der Waals surface area contributed by atoms with E-state index in [0.29, 0.717) is 10.6 Å². The molecule has 0 aromatic heterocycles. The molecule has 0 radical (unpaired) electrons. The summed E-state index contributed by atoms with van der Waals surface area (Å²) in [4.78, 5) is 11.3. The molecule has 2 aromatic carbocycles. The zero-order valence-corrected chi connectivity index (χ0v) is 11.5. The molecule has 0 aliphatic rings. The first-order chi connectivity index (χ1) is 8.47. The van der Waals surface area contributed by atoms with Crippen LogP contribution in [0.2, 0.25) is 5.02 Å². The van der Waals surface area contributed by atoms with E-state index in [4.69, 9.17) is 11.6 Å². The third kappa shape index (κ3) is 2.62. The molecule has 0 fully saturated rings. The maximum Gasteiger partial charge on any atom is 0.161 e. The molecule has 2 rings (SSSR count). The fourth-order valence-corrected chi connectivity index (χ4v) is 2.44. The fraction of sp³-hybridized carbons (Fsp3) is 0.188. The van der Waals surface area contributed by atoms with Crippen LogP contribution in [0.4, 0.5) is 0 Å². The van der Waals surface area contributed by atoms with Crippen molar-refractivity contribution in [1.29, 1.82) is 0 Å². The average molecular weight is 259 g/mol. The number of benzene rings is 2. The quantitative estimate of drug-likeness (QED) is 0.706. The van der Waals surface area contributed by atoms with Crippen LogP contribution in [0.25, 0.3) is 11.1 Å². The second-order valence-corrected chi connectivity index (χ2v) is 5.03. The summed E-state index contributed by atoms with van der Waals surface area (Å²) in [5, 5.41) is 0.513. The van der Waals surface area contributed by atoms with Gasteiger partial charge in [0.1, 0.15) is 0 Å². The summed E-state index contributed by atoms with van der Waals surface area (Å²) >= 11 is 6.13. The van der Waals surface area contributed by atoms with Crippen LogP contribution in [0.15, 0.2) is 36.4 Å². The molecule has 0 N–H and O–H groups in total. The lowest BCUT2D eigenvalue weighted by Gasteiger charge is -2.07. The van der Waals surface area contributed by atoms with Crippen LogP contribution >= 0.6 is 11.6 Å². The molecule has 2 aromatic rings. The van der Waals surface area contributed by atoms with E-state index in [0.717, 1.165) is 11.1 Å². The summed E-state index contributed by atoms with van der Waals surface area (Å²) < 4.78 is 0. The number of ketones is 1. The molecule has 0 amide bonds. The van der Waals surface area contributed by atoms with Gasteiger partial charge in [0.15, 0.2) is 5.78 Å². The van der Waals surface area contributed by atoms with Gasteiger partial charge in [-0.15, -0.1) is 0 Å². The van der Waals surface area contributed by atoms with Crippen LogP contribution in [0.5, 0.6) is 0 Å². The average Bonchev–Trinajstić information content (AvgIpc) is 2.26. The smallest absolute Gasteiger partial charge is 0.161 e. The number of Topliss-reactive ketones (excluding diaryl/α,β-unsaturated/α-hetero) is 1. The lowest BCUT2D eigenvalue weighted by molar-refractivity contribution is 0.101. The van der Waals surface area contributed by atoms with Gasteiger partial charge in [-0.1, -0.05) is 47.0 Å². The van der Waals surface area contributed by atoms with E-state index in [2.05, 4.69) is 32.0 Å². The molecule has 0 spiro atoms. The Morgan fingerprint density at radius 1 is 0.944 bits per heavy atom. The topological polar surface area (TPSA) is 17.1 Å². The van der Waals surface area contributed by atoms with Crippen molar-refractivity contribution in [3.8, 4) is 11.1 Å². The summed E-state index contributed by atoms with van der Waals surface area (Å²) in [6.45, 7) is 5.67. The zero-order valence-electron chi connectivity index (χ0n) is 10.8. The Balaban J connectivity index is 2.52. The summed E-state index contributed by atoms with van der Waals surface area (Å²) in [5.41, 5.74) is 5.18. The molecule has 0 saturated carbocycles. The third-order valence-electron chi connectivity index (χ3n) is 2.90. The first-order valence-corrected chi connectivity index (χ1v) is 6.24. The van der Waals surface area contributed by atoms with Gasteiger partial charge in [-0.2, -0.15) is 0 Å². The molecule has 18 heavy (non-hydrogen) atoms. The van der Waals surface area contributed by atoms with Crippen molar-refractivity contribution in [2.24, 2.45) is 0 Å². The molecule has 0 unspecified atom stereocenters. The molecular weight excluding hydrogens is 244 g/mol. The van der Waals surface area contributed by atoms with Crippen molar-refractivity contribution in [3.05, 3.63) is 58.1 Å². The molecule has 0 aliphatic carbocycles. The van der Waals surface area contributed by atoms with Gasteiger partial charge in [-0.3, -0.25) is 4.79 Å². The predicted molar refractivity (Wildman–Crippen MR) is 76.4 cm³/mol. The number of hydrogen-bond donors (Lipinski definition) is 0. The largest absolute Gasteiger partial charge is 0.294 e. The number of aryl methyl sites for hydroxylation is 2. The van der Waals surface area contributed by atoms with Crippen LogP contribution in [-0.4, -0.2) is 5.78 Å². The lowest BCUT2D eigenvalue weighted by Crippen LogP contribution is -1.93. The minimum atomic E-state index is -0.00743. The fourth-order valence-electron chi connectivity index (χ4n) is 2.12. The van der Waals surface area contributed by atoms with E-state index in [-0.39, 0.29) is 5.78 Å². The van der Waals surface area contributed by atoms with E-state index < -0.39 is 0 Å². The minimum absolute atomic E-state index is 0.00743. The highest BCUT2D eigenvalue weighted by Crippen LogP contribution is 2.27. The third-order valence-corrected chi connectivity index (χ3v) is 3.22. The lowest BCUT2D eigenvalue weighted by atomic mass is 9.99. The summed E-state index contributed by atoms with van der Waals surface area (Å²) in [5.74, 6) is -0.00743. The zero-order chi connectivity index (χ0) is 13.3.